The molecule has 0 fully saturated rings. The van der Waals surface area contributed by atoms with Crippen LogP contribution < -0.4 is 4.74 Å². The number of benzene rings is 2. The van der Waals surface area contributed by atoms with E-state index in [1.165, 1.54) is 0 Å². The fourth-order valence-electron chi connectivity index (χ4n) is 1.94. The van der Waals surface area contributed by atoms with Crippen LogP contribution in [0.25, 0.3) is 6.08 Å². The summed E-state index contributed by atoms with van der Waals surface area (Å²) in [7, 11) is 0. The van der Waals surface area contributed by atoms with Crippen molar-refractivity contribution in [3.05, 3.63) is 68.4 Å². The van der Waals surface area contributed by atoms with Gasteiger partial charge in [-0.1, -0.05) is 40.9 Å². The van der Waals surface area contributed by atoms with Crippen molar-refractivity contribution in [2.24, 2.45) is 0 Å². The number of carbonyl (C=O) groups is 1. The summed E-state index contributed by atoms with van der Waals surface area (Å²) in [6.45, 7) is 0. The molecule has 0 saturated carbocycles. The number of rotatable bonds is 1. The lowest BCUT2D eigenvalue weighted by Gasteiger charge is -2.02. The van der Waals surface area contributed by atoms with Crippen LogP contribution in [0.2, 0.25) is 15.1 Å². The molecule has 2 aromatic rings. The quantitative estimate of drug-likeness (QED) is 0.668. The third-order valence-electron chi connectivity index (χ3n) is 2.91. The molecule has 0 N–H and O–H groups in total. The van der Waals surface area contributed by atoms with E-state index in [2.05, 4.69) is 0 Å². The number of carbonyl (C=O) groups excluding carboxylic acids is 1. The maximum atomic E-state index is 12.2. The van der Waals surface area contributed by atoms with Gasteiger partial charge in [-0.3, -0.25) is 4.79 Å². The molecule has 0 spiro atoms. The molecular formula is C15H7Cl3O2. The predicted molar refractivity (Wildman–Crippen MR) is 80.8 cm³/mol. The summed E-state index contributed by atoms with van der Waals surface area (Å²) in [5, 5.41) is 1.39. The molecule has 100 valence electrons. The third-order valence-corrected chi connectivity index (χ3v) is 3.80. The van der Waals surface area contributed by atoms with Crippen LogP contribution in [0, 0.1) is 0 Å². The van der Waals surface area contributed by atoms with Crippen molar-refractivity contribution in [3.63, 3.8) is 0 Å². The van der Waals surface area contributed by atoms with Crippen molar-refractivity contribution in [2.75, 3.05) is 0 Å². The lowest BCUT2D eigenvalue weighted by atomic mass is 10.1. The molecule has 1 heterocycles. The minimum Gasteiger partial charge on any atom is -0.452 e. The van der Waals surface area contributed by atoms with Crippen molar-refractivity contribution in [3.8, 4) is 5.75 Å². The van der Waals surface area contributed by atoms with E-state index in [9.17, 15) is 4.79 Å². The van der Waals surface area contributed by atoms with E-state index < -0.39 is 0 Å². The van der Waals surface area contributed by atoms with Crippen molar-refractivity contribution in [1.29, 1.82) is 0 Å². The van der Waals surface area contributed by atoms with Crippen LogP contribution in [-0.4, -0.2) is 5.78 Å². The van der Waals surface area contributed by atoms with Crippen LogP contribution in [-0.2, 0) is 0 Å². The lowest BCUT2D eigenvalue weighted by molar-refractivity contribution is 0.101. The Morgan fingerprint density at radius 2 is 1.70 bits per heavy atom. The molecule has 1 aliphatic rings. The minimum atomic E-state index is -0.238. The summed E-state index contributed by atoms with van der Waals surface area (Å²) in [6, 6.07) is 10.0. The summed E-state index contributed by atoms with van der Waals surface area (Å²) < 4.78 is 5.52. The first kappa shape index (κ1) is 13.5. The Morgan fingerprint density at radius 3 is 2.40 bits per heavy atom. The van der Waals surface area contributed by atoms with Crippen LogP contribution in [0.3, 0.4) is 0 Å². The highest BCUT2D eigenvalue weighted by Gasteiger charge is 2.27. The Kier molecular flexibility index (Phi) is 3.47. The van der Waals surface area contributed by atoms with Crippen LogP contribution in [0.1, 0.15) is 15.9 Å². The number of hydrogen-bond donors (Lipinski definition) is 0. The highest BCUT2D eigenvalue weighted by molar-refractivity contribution is 6.37. The zero-order valence-electron chi connectivity index (χ0n) is 9.99. The number of allylic oxidation sites excluding steroid dienone is 1. The first-order chi connectivity index (χ1) is 9.56. The Morgan fingerprint density at radius 1 is 1.00 bits per heavy atom. The number of ether oxygens (including phenoxy) is 1. The van der Waals surface area contributed by atoms with Gasteiger partial charge in [0.25, 0.3) is 0 Å². The van der Waals surface area contributed by atoms with Gasteiger partial charge in [-0.15, -0.1) is 0 Å². The molecule has 0 aromatic heterocycles. The van der Waals surface area contributed by atoms with Gasteiger partial charge in [-0.2, -0.15) is 0 Å². The van der Waals surface area contributed by atoms with E-state index in [1.807, 2.05) is 0 Å². The van der Waals surface area contributed by atoms with E-state index in [0.29, 0.717) is 31.9 Å². The van der Waals surface area contributed by atoms with Gasteiger partial charge < -0.3 is 4.74 Å². The molecule has 2 aromatic carbocycles. The number of Topliss-reactive ketones (excluding diaryl/α,β-unsaturated/α-hetero) is 1. The first-order valence-electron chi connectivity index (χ1n) is 5.74. The Balaban J connectivity index is 2.06. The average molecular weight is 326 g/mol. The maximum Gasteiger partial charge on any atom is 0.232 e. The molecule has 2 nitrogen and oxygen atoms in total. The molecule has 0 amide bonds. The van der Waals surface area contributed by atoms with Crippen molar-refractivity contribution in [1.82, 2.24) is 0 Å². The summed E-state index contributed by atoms with van der Waals surface area (Å²) in [6.07, 6.45) is 1.54. The standard InChI is InChI=1S/C15H7Cl3O2/c16-8-4-5-13-10(6-8)15(19)14(20-13)7-9-11(17)2-1-3-12(9)18/h1-7H/b14-7-. The molecule has 0 aliphatic carbocycles. The second kappa shape index (κ2) is 5.13. The predicted octanol–water partition coefficient (Wildman–Crippen LogP) is 5.26. The van der Waals surface area contributed by atoms with Crippen molar-refractivity contribution < 1.29 is 9.53 Å². The van der Waals surface area contributed by atoms with Crippen molar-refractivity contribution >= 4 is 46.7 Å². The van der Waals surface area contributed by atoms with E-state index in [4.69, 9.17) is 39.5 Å². The van der Waals surface area contributed by atoms with Crippen molar-refractivity contribution in [2.45, 2.75) is 0 Å². The molecule has 0 bridgehead atoms. The first-order valence-corrected chi connectivity index (χ1v) is 6.87. The zero-order chi connectivity index (χ0) is 14.3. The Bertz CT molecular complexity index is 731. The highest BCUT2D eigenvalue weighted by Crippen LogP contribution is 2.35. The van der Waals surface area contributed by atoms with Crippen LogP contribution in [0.4, 0.5) is 0 Å². The molecule has 0 saturated heterocycles. The second-order valence-corrected chi connectivity index (χ2v) is 5.47. The zero-order valence-corrected chi connectivity index (χ0v) is 12.3. The molecule has 0 radical (unpaired) electrons. The summed E-state index contributed by atoms with van der Waals surface area (Å²) in [5.74, 6) is 0.421. The molecular weight excluding hydrogens is 319 g/mol. The van der Waals surface area contributed by atoms with Gasteiger partial charge in [0, 0.05) is 20.6 Å². The van der Waals surface area contributed by atoms with Crippen LogP contribution in [0.5, 0.6) is 5.75 Å². The van der Waals surface area contributed by atoms with Gasteiger partial charge in [-0.05, 0) is 36.4 Å². The van der Waals surface area contributed by atoms with Gasteiger partial charge >= 0.3 is 0 Å². The molecule has 20 heavy (non-hydrogen) atoms. The van der Waals surface area contributed by atoms with E-state index in [-0.39, 0.29) is 11.5 Å². The van der Waals surface area contributed by atoms with E-state index >= 15 is 0 Å². The van der Waals surface area contributed by atoms with Gasteiger partial charge in [-0.25, -0.2) is 0 Å². The van der Waals surface area contributed by atoms with Gasteiger partial charge in [0.15, 0.2) is 5.76 Å². The second-order valence-electron chi connectivity index (χ2n) is 4.22. The molecule has 5 heteroatoms. The molecule has 3 rings (SSSR count). The monoisotopic (exact) mass is 324 g/mol. The van der Waals surface area contributed by atoms with Crippen LogP contribution >= 0.6 is 34.8 Å². The lowest BCUT2D eigenvalue weighted by Crippen LogP contribution is -1.98. The fraction of sp³-hybridized carbons (Fsp3) is 0. The van der Waals surface area contributed by atoms with Gasteiger partial charge in [0.1, 0.15) is 5.75 Å². The Labute approximate surface area is 130 Å². The van der Waals surface area contributed by atoms with Gasteiger partial charge in [0.2, 0.25) is 5.78 Å². The number of halogens is 3. The van der Waals surface area contributed by atoms with Gasteiger partial charge in [0.05, 0.1) is 5.56 Å². The highest BCUT2D eigenvalue weighted by atomic mass is 35.5. The topological polar surface area (TPSA) is 26.3 Å². The van der Waals surface area contributed by atoms with E-state index in [0.717, 1.165) is 0 Å². The maximum absolute atomic E-state index is 12.2. The molecule has 1 aliphatic heterocycles. The normalized spacial score (nSPS) is 15.3. The number of hydrogen-bond acceptors (Lipinski definition) is 2. The fourth-order valence-corrected chi connectivity index (χ4v) is 2.62. The summed E-state index contributed by atoms with van der Waals surface area (Å²) in [4.78, 5) is 12.2. The summed E-state index contributed by atoms with van der Waals surface area (Å²) >= 11 is 18.0. The number of ketones is 1. The SMILES string of the molecule is O=C1/C(=C/c2c(Cl)cccc2Cl)Oc2ccc(Cl)cc21. The Hall–Kier alpha value is -1.48. The largest absolute Gasteiger partial charge is 0.452 e. The minimum absolute atomic E-state index is 0.178. The van der Waals surface area contributed by atoms with Crippen LogP contribution in [0.15, 0.2) is 42.2 Å². The smallest absolute Gasteiger partial charge is 0.232 e. The number of fused-ring (bicyclic) bond motifs is 1. The summed E-state index contributed by atoms with van der Waals surface area (Å²) in [5.41, 5.74) is 0.991. The molecule has 0 unspecified atom stereocenters. The van der Waals surface area contributed by atoms with E-state index in [1.54, 1.807) is 42.5 Å². The molecule has 0 atom stereocenters. The third kappa shape index (κ3) is 2.31. The average Bonchev–Trinajstić information content (AvgIpc) is 2.71.